The molecule has 3 N–H and O–H groups in total. The fourth-order valence-corrected chi connectivity index (χ4v) is 1.58. The van der Waals surface area contributed by atoms with E-state index < -0.39 is 0 Å². The number of carbonyl (C=O) groups is 2. The van der Waals surface area contributed by atoms with E-state index in [-0.39, 0.29) is 24.4 Å². The van der Waals surface area contributed by atoms with Crippen molar-refractivity contribution >= 4 is 11.8 Å². The molecule has 0 aromatic heterocycles. The third kappa shape index (κ3) is 6.59. The van der Waals surface area contributed by atoms with Crippen LogP contribution < -0.4 is 16.0 Å². The van der Waals surface area contributed by atoms with E-state index in [2.05, 4.69) is 22.9 Å². The van der Waals surface area contributed by atoms with E-state index in [0.29, 0.717) is 12.6 Å². The second kappa shape index (κ2) is 8.08. The first-order valence-corrected chi connectivity index (χ1v) is 6.94. The predicted molar refractivity (Wildman–Crippen MR) is 71.2 cm³/mol. The molecule has 0 aliphatic heterocycles. The number of amides is 2. The molecule has 5 nitrogen and oxygen atoms in total. The summed E-state index contributed by atoms with van der Waals surface area (Å²) in [6.07, 6.45) is 5.45. The maximum absolute atomic E-state index is 11.6. The fourth-order valence-electron chi connectivity index (χ4n) is 1.58. The molecule has 0 spiro atoms. The summed E-state index contributed by atoms with van der Waals surface area (Å²) < 4.78 is 0. The van der Waals surface area contributed by atoms with Crippen molar-refractivity contribution in [1.29, 1.82) is 0 Å². The Morgan fingerprint density at radius 1 is 1.28 bits per heavy atom. The van der Waals surface area contributed by atoms with Gasteiger partial charge in [0.1, 0.15) is 0 Å². The monoisotopic (exact) mass is 255 g/mol. The van der Waals surface area contributed by atoms with Crippen molar-refractivity contribution in [1.82, 2.24) is 16.0 Å². The summed E-state index contributed by atoms with van der Waals surface area (Å²) in [5.41, 5.74) is 0. The quantitative estimate of drug-likeness (QED) is 0.527. The molecule has 1 unspecified atom stereocenters. The second-order valence-electron chi connectivity index (χ2n) is 4.94. The first kappa shape index (κ1) is 15.0. The van der Waals surface area contributed by atoms with Gasteiger partial charge in [-0.3, -0.25) is 14.9 Å². The van der Waals surface area contributed by atoms with Gasteiger partial charge in [-0.15, -0.1) is 0 Å². The maximum Gasteiger partial charge on any atom is 0.236 e. The van der Waals surface area contributed by atoms with Gasteiger partial charge in [0, 0.05) is 12.6 Å². The molecule has 1 fully saturated rings. The van der Waals surface area contributed by atoms with Gasteiger partial charge < -0.3 is 10.6 Å². The van der Waals surface area contributed by atoms with Crippen LogP contribution in [0.5, 0.6) is 0 Å². The van der Waals surface area contributed by atoms with Crippen LogP contribution in [0.2, 0.25) is 0 Å². The number of carbonyl (C=O) groups excluding carboxylic acids is 2. The molecule has 0 radical (unpaired) electrons. The molecular weight excluding hydrogens is 230 g/mol. The van der Waals surface area contributed by atoms with Crippen molar-refractivity contribution in [2.24, 2.45) is 0 Å². The summed E-state index contributed by atoms with van der Waals surface area (Å²) in [6.45, 7) is 4.83. The van der Waals surface area contributed by atoms with Crippen LogP contribution in [-0.2, 0) is 9.59 Å². The highest BCUT2D eigenvalue weighted by atomic mass is 16.2. The number of nitrogens with one attached hydrogen (secondary N) is 3. The van der Waals surface area contributed by atoms with Crippen LogP contribution in [0.25, 0.3) is 0 Å². The standard InChI is InChI=1S/C13H25N3O2/c1-3-4-5-8-14-13(18)10(2)15-9-12(17)16-11-6-7-11/h10-11,15H,3-9H2,1-2H3,(H,14,18)(H,16,17). The average Bonchev–Trinajstić information content (AvgIpc) is 3.15. The highest BCUT2D eigenvalue weighted by Gasteiger charge is 2.23. The molecule has 2 amide bonds. The van der Waals surface area contributed by atoms with Gasteiger partial charge >= 0.3 is 0 Å². The van der Waals surface area contributed by atoms with Crippen molar-refractivity contribution in [2.75, 3.05) is 13.1 Å². The summed E-state index contributed by atoms with van der Waals surface area (Å²) in [5, 5.41) is 8.67. The molecule has 1 atom stereocenters. The maximum atomic E-state index is 11.6. The molecule has 0 bridgehead atoms. The summed E-state index contributed by atoms with van der Waals surface area (Å²) in [5.74, 6) is -0.0616. The Morgan fingerprint density at radius 3 is 2.61 bits per heavy atom. The SMILES string of the molecule is CCCCCNC(=O)C(C)NCC(=O)NC1CC1. The van der Waals surface area contributed by atoms with E-state index in [4.69, 9.17) is 0 Å². The zero-order chi connectivity index (χ0) is 13.4. The van der Waals surface area contributed by atoms with Crippen molar-refractivity contribution in [3.63, 3.8) is 0 Å². The summed E-state index contributed by atoms with van der Waals surface area (Å²) in [7, 11) is 0. The minimum absolute atomic E-state index is 0.0249. The highest BCUT2D eigenvalue weighted by molar-refractivity contribution is 5.83. The third-order valence-corrected chi connectivity index (χ3v) is 2.98. The third-order valence-electron chi connectivity index (χ3n) is 2.98. The lowest BCUT2D eigenvalue weighted by molar-refractivity contribution is -0.123. The molecule has 104 valence electrons. The Hall–Kier alpha value is -1.10. The number of unbranched alkanes of at least 4 members (excludes halogenated alkanes) is 2. The van der Waals surface area contributed by atoms with Gasteiger partial charge in [-0.25, -0.2) is 0 Å². The van der Waals surface area contributed by atoms with Crippen LogP contribution in [0.1, 0.15) is 46.0 Å². The van der Waals surface area contributed by atoms with Gasteiger partial charge in [-0.2, -0.15) is 0 Å². The molecule has 0 aromatic carbocycles. The van der Waals surface area contributed by atoms with Gasteiger partial charge in [0.2, 0.25) is 11.8 Å². The Kier molecular flexibility index (Phi) is 6.72. The molecule has 1 rings (SSSR count). The van der Waals surface area contributed by atoms with Gasteiger partial charge in [-0.1, -0.05) is 19.8 Å². The van der Waals surface area contributed by atoms with E-state index in [1.165, 1.54) is 0 Å². The lowest BCUT2D eigenvalue weighted by Crippen LogP contribution is -2.46. The highest BCUT2D eigenvalue weighted by Crippen LogP contribution is 2.18. The molecule has 0 heterocycles. The van der Waals surface area contributed by atoms with Gasteiger partial charge in [0.15, 0.2) is 0 Å². The molecule has 18 heavy (non-hydrogen) atoms. The summed E-state index contributed by atoms with van der Waals surface area (Å²) in [6, 6.07) is 0.0501. The number of rotatable bonds is 9. The van der Waals surface area contributed by atoms with Crippen LogP contribution in [0.3, 0.4) is 0 Å². The normalized spacial score (nSPS) is 16.1. The van der Waals surface area contributed by atoms with Gasteiger partial charge in [0.05, 0.1) is 12.6 Å². The van der Waals surface area contributed by atoms with E-state index in [1.807, 2.05) is 0 Å². The topological polar surface area (TPSA) is 70.2 Å². The molecule has 1 saturated carbocycles. The summed E-state index contributed by atoms with van der Waals surface area (Å²) >= 11 is 0. The minimum Gasteiger partial charge on any atom is -0.355 e. The molecular formula is C13H25N3O2. The molecule has 1 aliphatic rings. The van der Waals surface area contributed by atoms with E-state index in [0.717, 1.165) is 32.1 Å². The van der Waals surface area contributed by atoms with E-state index >= 15 is 0 Å². The second-order valence-corrected chi connectivity index (χ2v) is 4.94. The van der Waals surface area contributed by atoms with Crippen molar-refractivity contribution in [3.05, 3.63) is 0 Å². The molecule has 0 aromatic rings. The van der Waals surface area contributed by atoms with Crippen LogP contribution in [0, 0.1) is 0 Å². The van der Waals surface area contributed by atoms with Crippen molar-refractivity contribution in [3.8, 4) is 0 Å². The van der Waals surface area contributed by atoms with Gasteiger partial charge in [-0.05, 0) is 26.2 Å². The number of hydrogen-bond acceptors (Lipinski definition) is 3. The first-order valence-electron chi connectivity index (χ1n) is 6.94. The molecule has 5 heteroatoms. The lowest BCUT2D eigenvalue weighted by Gasteiger charge is -2.13. The van der Waals surface area contributed by atoms with E-state index in [1.54, 1.807) is 6.92 Å². The van der Waals surface area contributed by atoms with Crippen LogP contribution in [-0.4, -0.2) is 37.0 Å². The Morgan fingerprint density at radius 2 is 2.00 bits per heavy atom. The predicted octanol–water partition coefficient (Wildman–Crippen LogP) is 0.550. The smallest absolute Gasteiger partial charge is 0.236 e. The van der Waals surface area contributed by atoms with Crippen molar-refractivity contribution in [2.45, 2.75) is 58.0 Å². The Balaban J connectivity index is 2.04. The van der Waals surface area contributed by atoms with Gasteiger partial charge in [0.25, 0.3) is 0 Å². The van der Waals surface area contributed by atoms with E-state index in [9.17, 15) is 9.59 Å². The molecule has 1 aliphatic carbocycles. The largest absolute Gasteiger partial charge is 0.355 e. The fraction of sp³-hybridized carbons (Fsp3) is 0.846. The Labute approximate surface area is 109 Å². The summed E-state index contributed by atoms with van der Waals surface area (Å²) in [4.78, 5) is 23.1. The number of hydrogen-bond donors (Lipinski definition) is 3. The Bertz CT molecular complexity index is 277. The zero-order valence-corrected chi connectivity index (χ0v) is 11.4. The average molecular weight is 255 g/mol. The zero-order valence-electron chi connectivity index (χ0n) is 11.4. The molecule has 0 saturated heterocycles. The lowest BCUT2D eigenvalue weighted by atomic mass is 10.2. The van der Waals surface area contributed by atoms with Crippen molar-refractivity contribution < 1.29 is 9.59 Å². The van der Waals surface area contributed by atoms with Crippen LogP contribution >= 0.6 is 0 Å². The minimum atomic E-state index is -0.323. The van der Waals surface area contributed by atoms with Crippen LogP contribution in [0.4, 0.5) is 0 Å². The first-order chi connectivity index (χ1) is 8.63. The van der Waals surface area contributed by atoms with Crippen LogP contribution in [0.15, 0.2) is 0 Å².